The van der Waals surface area contributed by atoms with Crippen LogP contribution in [0.4, 0.5) is 0 Å². The Labute approximate surface area is 175 Å². The van der Waals surface area contributed by atoms with Gasteiger partial charge in [0.2, 0.25) is 10.0 Å². The van der Waals surface area contributed by atoms with Crippen LogP contribution in [-0.4, -0.2) is 64.5 Å². The maximum Gasteiger partial charge on any atom is 0.257 e. The average Bonchev–Trinajstić information content (AvgIpc) is 3.15. The molecular weight excluding hydrogens is 402 g/mol. The number of benzene rings is 1. The lowest BCUT2D eigenvalue weighted by Gasteiger charge is -2.34. The molecule has 0 saturated carbocycles. The number of piperazine rings is 1. The molecule has 0 radical (unpaired) electrons. The molecule has 1 aromatic carbocycles. The lowest BCUT2D eigenvalue weighted by molar-refractivity contribution is 0.0697. The smallest absolute Gasteiger partial charge is 0.257 e. The molecule has 1 amide bonds. The molecule has 1 saturated heterocycles. The first kappa shape index (κ1) is 20.2. The van der Waals surface area contributed by atoms with E-state index >= 15 is 0 Å². The van der Waals surface area contributed by atoms with Crippen LogP contribution in [0.5, 0.6) is 0 Å². The van der Waals surface area contributed by atoms with Crippen LogP contribution in [0.2, 0.25) is 0 Å². The number of rotatable bonds is 4. The predicted octanol–water partition coefficient (Wildman–Crippen LogP) is 2.03. The lowest BCUT2D eigenvalue weighted by Crippen LogP contribution is -2.50. The summed E-state index contributed by atoms with van der Waals surface area (Å²) in [6.45, 7) is 4.92. The summed E-state index contributed by atoms with van der Waals surface area (Å²) >= 11 is 0. The van der Waals surface area contributed by atoms with E-state index in [0.717, 1.165) is 5.56 Å². The standard InChI is InChI=1S/C21H23N5O3S/c1-16-6-8-18(9-7-16)30(28,29)25-13-11-24(12-14-25)21(27)19-15-23-26(17(19)2)20-5-3-4-10-22-20/h3-10,15H,11-14H2,1-2H3. The van der Waals surface area contributed by atoms with Gasteiger partial charge in [0.15, 0.2) is 5.82 Å². The number of sulfonamides is 1. The highest BCUT2D eigenvalue weighted by Gasteiger charge is 2.31. The molecule has 9 heteroatoms. The van der Waals surface area contributed by atoms with Gasteiger partial charge in [-0.3, -0.25) is 4.79 Å². The summed E-state index contributed by atoms with van der Waals surface area (Å²) in [4.78, 5) is 19.2. The summed E-state index contributed by atoms with van der Waals surface area (Å²) in [5.74, 6) is 0.491. The number of carbonyl (C=O) groups excluding carboxylic acids is 1. The van der Waals surface area contributed by atoms with Gasteiger partial charge in [0, 0.05) is 32.4 Å². The maximum absolute atomic E-state index is 13.0. The second-order valence-corrected chi connectivity index (χ2v) is 9.19. The second kappa shape index (κ2) is 8.00. The van der Waals surface area contributed by atoms with Gasteiger partial charge in [-0.25, -0.2) is 18.1 Å². The van der Waals surface area contributed by atoms with Gasteiger partial charge in [0.1, 0.15) is 0 Å². The van der Waals surface area contributed by atoms with Crippen molar-refractivity contribution in [3.05, 3.63) is 71.7 Å². The highest BCUT2D eigenvalue weighted by molar-refractivity contribution is 7.89. The highest BCUT2D eigenvalue weighted by Crippen LogP contribution is 2.20. The highest BCUT2D eigenvalue weighted by atomic mass is 32.2. The molecule has 1 aliphatic heterocycles. The Bertz CT molecular complexity index is 1150. The number of carbonyl (C=O) groups is 1. The van der Waals surface area contributed by atoms with Crippen molar-refractivity contribution in [3.63, 3.8) is 0 Å². The summed E-state index contributed by atoms with van der Waals surface area (Å²) in [6, 6.07) is 12.3. The summed E-state index contributed by atoms with van der Waals surface area (Å²) in [7, 11) is -3.56. The Kier molecular flexibility index (Phi) is 5.40. The fourth-order valence-electron chi connectivity index (χ4n) is 3.49. The molecule has 3 heterocycles. The first-order valence-corrected chi connectivity index (χ1v) is 11.1. The first-order valence-electron chi connectivity index (χ1n) is 9.70. The quantitative estimate of drug-likeness (QED) is 0.638. The molecular formula is C21H23N5O3S. The number of hydrogen-bond donors (Lipinski definition) is 0. The molecule has 0 unspecified atom stereocenters. The molecule has 0 bridgehead atoms. The number of aryl methyl sites for hydroxylation is 1. The third kappa shape index (κ3) is 3.73. The van der Waals surface area contributed by atoms with Crippen LogP contribution in [0.25, 0.3) is 5.82 Å². The average molecular weight is 426 g/mol. The zero-order valence-electron chi connectivity index (χ0n) is 16.9. The van der Waals surface area contributed by atoms with E-state index < -0.39 is 10.0 Å². The van der Waals surface area contributed by atoms with Crippen LogP contribution in [-0.2, 0) is 10.0 Å². The van der Waals surface area contributed by atoms with Crippen molar-refractivity contribution in [1.29, 1.82) is 0 Å². The molecule has 0 aliphatic carbocycles. The zero-order chi connectivity index (χ0) is 21.3. The Morgan fingerprint density at radius 3 is 2.30 bits per heavy atom. The van der Waals surface area contributed by atoms with Crippen molar-refractivity contribution in [2.75, 3.05) is 26.2 Å². The van der Waals surface area contributed by atoms with Gasteiger partial charge >= 0.3 is 0 Å². The van der Waals surface area contributed by atoms with Crippen LogP contribution in [0, 0.1) is 13.8 Å². The molecule has 1 fully saturated rings. The summed E-state index contributed by atoms with van der Waals surface area (Å²) in [6.07, 6.45) is 3.22. The minimum atomic E-state index is -3.56. The molecule has 2 aromatic heterocycles. The molecule has 1 aliphatic rings. The van der Waals surface area contributed by atoms with Gasteiger partial charge in [-0.1, -0.05) is 23.8 Å². The van der Waals surface area contributed by atoms with E-state index in [1.807, 2.05) is 32.0 Å². The molecule has 0 N–H and O–H groups in total. The third-order valence-corrected chi connectivity index (χ3v) is 7.20. The van der Waals surface area contributed by atoms with Crippen LogP contribution < -0.4 is 0 Å². The molecule has 30 heavy (non-hydrogen) atoms. The van der Waals surface area contributed by atoms with Gasteiger partial charge in [-0.05, 0) is 38.1 Å². The fraction of sp³-hybridized carbons (Fsp3) is 0.286. The number of nitrogens with zero attached hydrogens (tertiary/aromatic N) is 5. The fourth-order valence-corrected chi connectivity index (χ4v) is 4.91. The number of aromatic nitrogens is 3. The molecule has 4 rings (SSSR count). The lowest BCUT2D eigenvalue weighted by atomic mass is 10.2. The van der Waals surface area contributed by atoms with Crippen molar-refractivity contribution in [2.24, 2.45) is 0 Å². The van der Waals surface area contributed by atoms with Gasteiger partial charge in [0.25, 0.3) is 5.91 Å². The van der Waals surface area contributed by atoms with E-state index in [0.29, 0.717) is 30.2 Å². The van der Waals surface area contributed by atoms with Gasteiger partial charge in [-0.2, -0.15) is 9.40 Å². The number of amides is 1. The SMILES string of the molecule is Cc1ccc(S(=O)(=O)N2CCN(C(=O)c3cnn(-c4ccccn4)c3C)CC2)cc1. The summed E-state index contributed by atoms with van der Waals surface area (Å²) in [5.41, 5.74) is 2.20. The van der Waals surface area contributed by atoms with Crippen LogP contribution >= 0.6 is 0 Å². The Balaban J connectivity index is 1.46. The second-order valence-electron chi connectivity index (χ2n) is 7.25. The number of pyridine rings is 1. The van der Waals surface area contributed by atoms with Gasteiger partial charge < -0.3 is 4.90 Å². The topological polar surface area (TPSA) is 88.4 Å². The van der Waals surface area contributed by atoms with E-state index in [9.17, 15) is 13.2 Å². The van der Waals surface area contributed by atoms with Crippen LogP contribution in [0.1, 0.15) is 21.6 Å². The maximum atomic E-state index is 13.0. The first-order chi connectivity index (χ1) is 14.4. The Morgan fingerprint density at radius 2 is 1.67 bits per heavy atom. The van der Waals surface area contributed by atoms with Crippen LogP contribution in [0.15, 0.2) is 59.8 Å². The van der Waals surface area contributed by atoms with Crippen molar-refractivity contribution < 1.29 is 13.2 Å². The van der Waals surface area contributed by atoms with Crippen molar-refractivity contribution in [2.45, 2.75) is 18.7 Å². The van der Waals surface area contributed by atoms with E-state index in [4.69, 9.17) is 0 Å². The number of hydrogen-bond acceptors (Lipinski definition) is 5. The minimum absolute atomic E-state index is 0.151. The van der Waals surface area contributed by atoms with Gasteiger partial charge in [-0.15, -0.1) is 0 Å². The largest absolute Gasteiger partial charge is 0.336 e. The van der Waals surface area contributed by atoms with Crippen molar-refractivity contribution in [1.82, 2.24) is 24.0 Å². The van der Waals surface area contributed by atoms with Crippen molar-refractivity contribution >= 4 is 15.9 Å². The van der Waals surface area contributed by atoms with E-state index in [-0.39, 0.29) is 23.9 Å². The van der Waals surface area contributed by atoms with E-state index in [1.165, 1.54) is 4.31 Å². The Hall–Kier alpha value is -3.04. The van der Waals surface area contributed by atoms with Crippen LogP contribution in [0.3, 0.4) is 0 Å². The normalized spacial score (nSPS) is 15.3. The van der Waals surface area contributed by atoms with E-state index in [2.05, 4.69) is 10.1 Å². The monoisotopic (exact) mass is 425 g/mol. The van der Waals surface area contributed by atoms with E-state index in [1.54, 1.807) is 46.2 Å². The minimum Gasteiger partial charge on any atom is -0.336 e. The molecule has 8 nitrogen and oxygen atoms in total. The predicted molar refractivity (Wildman–Crippen MR) is 112 cm³/mol. The molecule has 0 spiro atoms. The summed E-state index contributed by atoms with van der Waals surface area (Å²) in [5, 5.41) is 4.30. The van der Waals surface area contributed by atoms with Crippen molar-refractivity contribution in [3.8, 4) is 5.82 Å². The Morgan fingerprint density at radius 1 is 0.967 bits per heavy atom. The third-order valence-electron chi connectivity index (χ3n) is 5.29. The molecule has 156 valence electrons. The zero-order valence-corrected chi connectivity index (χ0v) is 17.7. The molecule has 3 aromatic rings. The van der Waals surface area contributed by atoms with Gasteiger partial charge in [0.05, 0.1) is 22.3 Å². The summed E-state index contributed by atoms with van der Waals surface area (Å²) < 4.78 is 28.8. The molecule has 0 atom stereocenters.